The van der Waals surface area contributed by atoms with Gasteiger partial charge >= 0.3 is 6.18 Å². The van der Waals surface area contributed by atoms with Crippen molar-refractivity contribution in [1.29, 1.82) is 0 Å². The summed E-state index contributed by atoms with van der Waals surface area (Å²) in [5.41, 5.74) is 1.86. The molecule has 4 rings (SSSR count). The molecule has 172 valence electrons. The smallest absolute Gasteiger partial charge is 0.335 e. The lowest BCUT2D eigenvalue weighted by molar-refractivity contribution is -0.137. The van der Waals surface area contributed by atoms with Gasteiger partial charge in [0.1, 0.15) is 0 Å². The SMILES string of the molecule is [C-]#[N+]c1ccc(CC(=O)C(C)(C)n2ccc3cc(C)c(-c4ccccc4)cc32)cc1C(F)(F)F. The highest BCUT2D eigenvalue weighted by Crippen LogP contribution is 2.38. The van der Waals surface area contributed by atoms with E-state index in [2.05, 4.69) is 17.0 Å². The molecule has 4 aromatic rings. The van der Waals surface area contributed by atoms with Gasteiger partial charge in [-0.2, -0.15) is 13.2 Å². The maximum Gasteiger partial charge on any atom is 0.407 e. The van der Waals surface area contributed by atoms with Gasteiger partial charge in [0.25, 0.3) is 0 Å². The van der Waals surface area contributed by atoms with Crippen LogP contribution in [-0.4, -0.2) is 10.4 Å². The van der Waals surface area contributed by atoms with E-state index in [1.807, 2.05) is 54.1 Å². The fraction of sp³-hybridized carbons (Fsp3) is 0.214. The second-order valence-corrected chi connectivity index (χ2v) is 8.90. The van der Waals surface area contributed by atoms with Gasteiger partial charge in [0.2, 0.25) is 0 Å². The Hall–Kier alpha value is -3.85. The number of carbonyl (C=O) groups is 1. The molecule has 0 aliphatic rings. The minimum absolute atomic E-state index is 0.175. The Morgan fingerprint density at radius 2 is 1.71 bits per heavy atom. The summed E-state index contributed by atoms with van der Waals surface area (Å²) in [6, 6.07) is 19.5. The molecule has 0 fully saturated rings. The van der Waals surface area contributed by atoms with Gasteiger partial charge in [-0.05, 0) is 66.6 Å². The Morgan fingerprint density at radius 1 is 1.00 bits per heavy atom. The molecule has 0 aliphatic carbocycles. The fourth-order valence-electron chi connectivity index (χ4n) is 4.27. The molecule has 0 atom stereocenters. The lowest BCUT2D eigenvalue weighted by atomic mass is 9.92. The molecule has 0 amide bonds. The number of benzene rings is 3. The van der Waals surface area contributed by atoms with Crippen LogP contribution >= 0.6 is 0 Å². The third-order valence-electron chi connectivity index (χ3n) is 6.26. The standard InChI is InChI=1S/C28H23F3N2O/c1-18-14-21-12-13-33(25(21)17-22(18)20-8-6-5-7-9-20)27(2,3)26(34)16-19-10-11-24(32-4)23(15-19)28(29,30)31/h5-15,17H,16H2,1-3H3. The number of rotatable bonds is 5. The van der Waals surface area contributed by atoms with E-state index < -0.39 is 23.0 Å². The summed E-state index contributed by atoms with van der Waals surface area (Å²) in [7, 11) is 0. The van der Waals surface area contributed by atoms with E-state index in [0.29, 0.717) is 0 Å². The number of aryl methyl sites for hydroxylation is 1. The van der Waals surface area contributed by atoms with Gasteiger partial charge in [-0.25, -0.2) is 4.85 Å². The van der Waals surface area contributed by atoms with Crippen LogP contribution in [0.15, 0.2) is 72.9 Å². The van der Waals surface area contributed by atoms with Crippen molar-refractivity contribution in [1.82, 2.24) is 4.57 Å². The van der Waals surface area contributed by atoms with Crippen LogP contribution in [0.1, 0.15) is 30.5 Å². The zero-order valence-electron chi connectivity index (χ0n) is 19.1. The lowest BCUT2D eigenvalue weighted by Gasteiger charge is -2.27. The molecule has 3 nitrogen and oxygen atoms in total. The van der Waals surface area contributed by atoms with Crippen LogP contribution < -0.4 is 0 Å². The third kappa shape index (κ3) is 4.22. The molecule has 0 bridgehead atoms. The van der Waals surface area contributed by atoms with E-state index in [9.17, 15) is 18.0 Å². The first-order chi connectivity index (χ1) is 16.0. The summed E-state index contributed by atoms with van der Waals surface area (Å²) in [5.74, 6) is -0.226. The Balaban J connectivity index is 1.72. The van der Waals surface area contributed by atoms with E-state index in [4.69, 9.17) is 6.57 Å². The number of Topliss-reactive ketones (excluding diaryl/α,β-unsaturated/α-hetero) is 1. The molecule has 0 saturated heterocycles. The summed E-state index contributed by atoms with van der Waals surface area (Å²) in [4.78, 5) is 16.3. The summed E-state index contributed by atoms with van der Waals surface area (Å²) in [5, 5.41) is 0.985. The van der Waals surface area contributed by atoms with Crippen molar-refractivity contribution in [3.63, 3.8) is 0 Å². The fourth-order valence-corrected chi connectivity index (χ4v) is 4.27. The highest BCUT2D eigenvalue weighted by atomic mass is 19.4. The van der Waals surface area contributed by atoms with Crippen LogP contribution in [-0.2, 0) is 22.9 Å². The summed E-state index contributed by atoms with van der Waals surface area (Å²) >= 11 is 0. The number of alkyl halides is 3. The van der Waals surface area contributed by atoms with Gasteiger partial charge in [0.15, 0.2) is 11.5 Å². The first kappa shape index (κ1) is 23.3. The zero-order chi connectivity index (χ0) is 24.7. The number of ketones is 1. The highest BCUT2D eigenvalue weighted by Gasteiger charge is 2.35. The van der Waals surface area contributed by atoms with E-state index >= 15 is 0 Å². The normalized spacial score (nSPS) is 12.0. The molecule has 0 aliphatic heterocycles. The molecule has 34 heavy (non-hydrogen) atoms. The summed E-state index contributed by atoms with van der Waals surface area (Å²) in [6.07, 6.45) is -2.98. The molecule has 1 aromatic heterocycles. The Kier molecular flexibility index (Phi) is 5.82. The predicted octanol–water partition coefficient (Wildman–Crippen LogP) is 7.73. The average Bonchev–Trinajstić information content (AvgIpc) is 3.21. The van der Waals surface area contributed by atoms with Gasteiger partial charge < -0.3 is 4.57 Å². The van der Waals surface area contributed by atoms with Crippen molar-refractivity contribution in [2.75, 3.05) is 0 Å². The van der Waals surface area contributed by atoms with Crippen LogP contribution in [0.4, 0.5) is 18.9 Å². The monoisotopic (exact) mass is 460 g/mol. The van der Waals surface area contributed by atoms with Gasteiger partial charge in [-0.3, -0.25) is 4.79 Å². The minimum Gasteiger partial charge on any atom is -0.335 e. The number of nitrogens with zero attached hydrogens (tertiary/aromatic N) is 2. The van der Waals surface area contributed by atoms with Crippen molar-refractivity contribution in [3.8, 4) is 11.1 Å². The Bertz CT molecular complexity index is 1420. The maximum atomic E-state index is 13.4. The molecule has 0 radical (unpaired) electrons. The van der Waals surface area contributed by atoms with Crippen molar-refractivity contribution >= 4 is 22.4 Å². The van der Waals surface area contributed by atoms with Gasteiger partial charge in [0.05, 0.1) is 17.7 Å². The van der Waals surface area contributed by atoms with Gasteiger partial charge in [0, 0.05) is 18.1 Å². The molecular formula is C28H23F3N2O. The second-order valence-electron chi connectivity index (χ2n) is 8.90. The van der Waals surface area contributed by atoms with Crippen LogP contribution in [0.3, 0.4) is 0 Å². The molecule has 0 N–H and O–H groups in total. The van der Waals surface area contributed by atoms with E-state index in [0.717, 1.165) is 39.7 Å². The molecule has 0 spiro atoms. The largest absolute Gasteiger partial charge is 0.407 e. The van der Waals surface area contributed by atoms with Crippen LogP contribution in [0.5, 0.6) is 0 Å². The lowest BCUT2D eigenvalue weighted by Crippen LogP contribution is -2.36. The number of hydrogen-bond acceptors (Lipinski definition) is 1. The van der Waals surface area contributed by atoms with E-state index in [-0.39, 0.29) is 17.8 Å². The molecule has 3 aromatic carbocycles. The number of hydrogen-bond donors (Lipinski definition) is 0. The Labute approximate surface area is 196 Å². The van der Waals surface area contributed by atoms with E-state index in [1.54, 1.807) is 13.8 Å². The van der Waals surface area contributed by atoms with Crippen molar-refractivity contribution in [3.05, 3.63) is 101 Å². The Morgan fingerprint density at radius 3 is 2.35 bits per heavy atom. The molecule has 6 heteroatoms. The second kappa shape index (κ2) is 8.49. The highest BCUT2D eigenvalue weighted by molar-refractivity contribution is 5.93. The van der Waals surface area contributed by atoms with Crippen molar-refractivity contribution in [2.24, 2.45) is 0 Å². The van der Waals surface area contributed by atoms with Gasteiger partial charge in [-0.15, -0.1) is 0 Å². The quantitative estimate of drug-likeness (QED) is 0.280. The number of carbonyl (C=O) groups excluding carboxylic acids is 1. The molecular weight excluding hydrogens is 437 g/mol. The molecule has 1 heterocycles. The number of aromatic nitrogens is 1. The minimum atomic E-state index is -4.66. The summed E-state index contributed by atoms with van der Waals surface area (Å²) < 4.78 is 42.0. The first-order valence-corrected chi connectivity index (χ1v) is 10.8. The topological polar surface area (TPSA) is 26.4 Å². The molecule has 0 saturated carbocycles. The van der Waals surface area contributed by atoms with Crippen molar-refractivity contribution < 1.29 is 18.0 Å². The zero-order valence-corrected chi connectivity index (χ0v) is 19.1. The number of fused-ring (bicyclic) bond motifs is 1. The third-order valence-corrected chi connectivity index (χ3v) is 6.26. The van der Waals surface area contributed by atoms with Crippen molar-refractivity contribution in [2.45, 2.75) is 38.9 Å². The number of halogens is 3. The summed E-state index contributed by atoms with van der Waals surface area (Å²) in [6.45, 7) is 12.6. The predicted molar refractivity (Wildman–Crippen MR) is 128 cm³/mol. The van der Waals surface area contributed by atoms with Crippen LogP contribution in [0.25, 0.3) is 26.9 Å². The van der Waals surface area contributed by atoms with Crippen LogP contribution in [0.2, 0.25) is 0 Å². The maximum absolute atomic E-state index is 13.4. The average molecular weight is 460 g/mol. The van der Waals surface area contributed by atoms with Gasteiger partial charge in [-0.1, -0.05) is 48.5 Å². The van der Waals surface area contributed by atoms with E-state index in [1.165, 1.54) is 6.07 Å². The van der Waals surface area contributed by atoms with Crippen LogP contribution in [0, 0.1) is 13.5 Å². The first-order valence-electron chi connectivity index (χ1n) is 10.8. The molecule has 0 unspecified atom stereocenters.